The van der Waals surface area contributed by atoms with Crippen LogP contribution in [-0.4, -0.2) is 41.2 Å². The molecule has 0 aliphatic rings. The van der Waals surface area contributed by atoms with Crippen LogP contribution in [0, 0.1) is 10.1 Å². The molecule has 0 aliphatic heterocycles. The third-order valence-electron chi connectivity index (χ3n) is 3.31. The van der Waals surface area contributed by atoms with Crippen LogP contribution < -0.4 is 16.2 Å². The van der Waals surface area contributed by atoms with E-state index in [-0.39, 0.29) is 23.4 Å². The van der Waals surface area contributed by atoms with Crippen molar-refractivity contribution in [3.8, 4) is 0 Å². The fraction of sp³-hybridized carbons (Fsp3) is 0.667. The highest BCUT2D eigenvalue weighted by atomic mass is 16.6. The van der Waals surface area contributed by atoms with E-state index < -0.39 is 4.92 Å². The van der Waals surface area contributed by atoms with E-state index in [4.69, 9.17) is 10.6 Å². The van der Waals surface area contributed by atoms with E-state index in [0.29, 0.717) is 13.2 Å². The molecule has 1 aromatic heterocycles. The van der Waals surface area contributed by atoms with Gasteiger partial charge in [0.1, 0.15) is 6.33 Å². The second-order valence-corrected chi connectivity index (χ2v) is 4.45. The molecule has 0 unspecified atom stereocenters. The Morgan fingerprint density at radius 1 is 1.48 bits per heavy atom. The predicted octanol–water partition coefficient (Wildman–Crippen LogP) is 1.31. The number of nitrogens with two attached hydrogens (primary N) is 1. The highest BCUT2D eigenvalue weighted by molar-refractivity contribution is 5.70. The lowest BCUT2D eigenvalue weighted by Gasteiger charge is -2.31. The van der Waals surface area contributed by atoms with Gasteiger partial charge in [0.05, 0.1) is 11.5 Å². The van der Waals surface area contributed by atoms with E-state index in [1.54, 1.807) is 7.11 Å². The number of anilines is 2. The first-order valence-electron chi connectivity index (χ1n) is 6.82. The van der Waals surface area contributed by atoms with E-state index in [2.05, 4.69) is 15.4 Å². The quantitative estimate of drug-likeness (QED) is 0.398. The Balaban J connectivity index is 3.31. The number of rotatable bonds is 9. The smallest absolute Gasteiger partial charge is 0.354 e. The lowest BCUT2D eigenvalue weighted by molar-refractivity contribution is -0.383. The van der Waals surface area contributed by atoms with Gasteiger partial charge in [-0.25, -0.2) is 15.8 Å². The summed E-state index contributed by atoms with van der Waals surface area (Å²) in [4.78, 5) is 20.6. The molecule has 118 valence electrons. The first kappa shape index (κ1) is 17.1. The summed E-state index contributed by atoms with van der Waals surface area (Å²) in [5, 5.41) is 11.4. The lowest BCUT2D eigenvalue weighted by atomic mass is 10.1. The summed E-state index contributed by atoms with van der Waals surface area (Å²) in [6.07, 6.45) is 2.94. The molecule has 0 aromatic carbocycles. The monoisotopic (exact) mass is 298 g/mol. The van der Waals surface area contributed by atoms with E-state index >= 15 is 0 Å². The molecule has 0 amide bonds. The minimum Gasteiger partial charge on any atom is -0.383 e. The van der Waals surface area contributed by atoms with E-state index in [1.165, 1.54) is 6.33 Å². The molecule has 0 aliphatic carbocycles. The van der Waals surface area contributed by atoms with E-state index in [0.717, 1.165) is 12.8 Å². The number of ether oxygens (including phenoxy) is 1. The van der Waals surface area contributed by atoms with Crippen molar-refractivity contribution in [2.45, 2.75) is 32.7 Å². The maximum Gasteiger partial charge on any atom is 0.354 e. The number of nitrogen functional groups attached to an aromatic ring is 1. The van der Waals surface area contributed by atoms with Gasteiger partial charge in [0.25, 0.3) is 0 Å². The SMILES string of the molecule is CCC(CC)N(CCOC)c1ncnc(NN)c1[N+](=O)[O-]. The van der Waals surface area contributed by atoms with Gasteiger partial charge in [-0.15, -0.1) is 0 Å². The fourth-order valence-corrected chi connectivity index (χ4v) is 2.23. The number of hydrogen-bond acceptors (Lipinski definition) is 8. The molecule has 0 saturated heterocycles. The van der Waals surface area contributed by atoms with Gasteiger partial charge in [-0.2, -0.15) is 0 Å². The highest BCUT2D eigenvalue weighted by Crippen LogP contribution is 2.33. The van der Waals surface area contributed by atoms with E-state index in [9.17, 15) is 10.1 Å². The predicted molar refractivity (Wildman–Crippen MR) is 80.1 cm³/mol. The van der Waals surface area contributed by atoms with Crippen molar-refractivity contribution < 1.29 is 9.66 Å². The van der Waals surface area contributed by atoms with Gasteiger partial charge in [-0.3, -0.25) is 10.1 Å². The number of methoxy groups -OCH3 is 1. The molecule has 0 radical (unpaired) electrons. The lowest BCUT2D eigenvalue weighted by Crippen LogP contribution is -2.38. The Hall–Kier alpha value is -2.00. The summed E-state index contributed by atoms with van der Waals surface area (Å²) in [5.41, 5.74) is 2.03. The van der Waals surface area contributed by atoms with Crippen LogP contribution in [0.5, 0.6) is 0 Å². The van der Waals surface area contributed by atoms with Crippen molar-refractivity contribution in [2.75, 3.05) is 30.6 Å². The standard InChI is InChI=1S/C12H22N6O3/c1-4-9(5-2)17(6-7-21-3)12-10(18(19)20)11(16-13)14-8-15-12/h8-9H,4-7,13H2,1-3H3,(H,14,15,16). The second kappa shape index (κ2) is 8.32. The van der Waals surface area contributed by atoms with Gasteiger partial charge in [0, 0.05) is 19.7 Å². The normalized spacial score (nSPS) is 10.7. The van der Waals surface area contributed by atoms with Crippen LogP contribution in [0.3, 0.4) is 0 Å². The number of nitro groups is 1. The van der Waals surface area contributed by atoms with Crippen LogP contribution in [0.2, 0.25) is 0 Å². The van der Waals surface area contributed by atoms with Crippen LogP contribution >= 0.6 is 0 Å². The molecule has 0 fully saturated rings. The molecule has 3 N–H and O–H groups in total. The topological polar surface area (TPSA) is 119 Å². The second-order valence-electron chi connectivity index (χ2n) is 4.45. The molecule has 0 saturated carbocycles. The van der Waals surface area contributed by atoms with Gasteiger partial charge in [-0.1, -0.05) is 13.8 Å². The van der Waals surface area contributed by atoms with Gasteiger partial charge in [0.15, 0.2) is 0 Å². The van der Waals surface area contributed by atoms with E-state index in [1.807, 2.05) is 18.7 Å². The van der Waals surface area contributed by atoms with Crippen molar-refractivity contribution in [3.63, 3.8) is 0 Å². The number of nitrogens with zero attached hydrogens (tertiary/aromatic N) is 4. The maximum absolute atomic E-state index is 11.4. The number of aromatic nitrogens is 2. The fourth-order valence-electron chi connectivity index (χ4n) is 2.23. The van der Waals surface area contributed by atoms with Crippen molar-refractivity contribution in [1.82, 2.24) is 9.97 Å². The van der Waals surface area contributed by atoms with Crippen LogP contribution in [0.1, 0.15) is 26.7 Å². The summed E-state index contributed by atoms with van der Waals surface area (Å²) >= 11 is 0. The summed E-state index contributed by atoms with van der Waals surface area (Å²) in [6.45, 7) is 5.01. The van der Waals surface area contributed by atoms with Gasteiger partial charge >= 0.3 is 5.69 Å². The summed E-state index contributed by atoms with van der Waals surface area (Å²) in [6, 6.07) is 0.124. The third-order valence-corrected chi connectivity index (χ3v) is 3.31. The van der Waals surface area contributed by atoms with Crippen LogP contribution in [0.25, 0.3) is 0 Å². The van der Waals surface area contributed by atoms with Crippen molar-refractivity contribution in [2.24, 2.45) is 5.84 Å². The van der Waals surface area contributed by atoms with Gasteiger partial charge < -0.3 is 15.1 Å². The molecule has 9 heteroatoms. The number of hydrogen-bond donors (Lipinski definition) is 2. The van der Waals surface area contributed by atoms with Gasteiger partial charge in [-0.05, 0) is 12.8 Å². The average Bonchev–Trinajstić information content (AvgIpc) is 2.50. The molecule has 0 atom stereocenters. The third kappa shape index (κ3) is 3.99. The van der Waals surface area contributed by atoms with Gasteiger partial charge in [0.2, 0.25) is 11.6 Å². The zero-order valence-corrected chi connectivity index (χ0v) is 12.6. The summed E-state index contributed by atoms with van der Waals surface area (Å²) < 4.78 is 5.09. The molecule has 1 rings (SSSR count). The van der Waals surface area contributed by atoms with Crippen LogP contribution in [-0.2, 0) is 4.74 Å². The molecular weight excluding hydrogens is 276 g/mol. The molecule has 0 spiro atoms. The molecular formula is C12H22N6O3. The van der Waals surface area contributed by atoms with Crippen LogP contribution in [0.4, 0.5) is 17.3 Å². The first-order valence-corrected chi connectivity index (χ1v) is 6.82. The molecule has 21 heavy (non-hydrogen) atoms. The Bertz CT molecular complexity index is 466. The highest BCUT2D eigenvalue weighted by Gasteiger charge is 2.29. The Morgan fingerprint density at radius 2 is 2.14 bits per heavy atom. The Kier molecular flexibility index (Phi) is 6.76. The molecule has 9 nitrogen and oxygen atoms in total. The average molecular weight is 298 g/mol. The number of nitrogens with one attached hydrogen (secondary N) is 1. The molecule has 1 aromatic rings. The van der Waals surface area contributed by atoms with Crippen molar-refractivity contribution in [1.29, 1.82) is 0 Å². The summed E-state index contributed by atoms with van der Waals surface area (Å²) in [5.74, 6) is 5.57. The Labute approximate surface area is 123 Å². The maximum atomic E-state index is 11.4. The summed E-state index contributed by atoms with van der Waals surface area (Å²) in [7, 11) is 1.59. The molecule has 0 bridgehead atoms. The zero-order valence-electron chi connectivity index (χ0n) is 12.6. The van der Waals surface area contributed by atoms with Crippen LogP contribution in [0.15, 0.2) is 6.33 Å². The number of hydrazine groups is 1. The van der Waals surface area contributed by atoms with Crippen molar-refractivity contribution in [3.05, 3.63) is 16.4 Å². The largest absolute Gasteiger partial charge is 0.383 e. The minimum atomic E-state index is -0.521. The first-order chi connectivity index (χ1) is 10.1. The zero-order chi connectivity index (χ0) is 15.8. The minimum absolute atomic E-state index is 0.00151. The van der Waals surface area contributed by atoms with Crippen molar-refractivity contribution >= 4 is 17.3 Å². The molecule has 1 heterocycles. The Morgan fingerprint density at radius 3 is 2.62 bits per heavy atom.